The lowest BCUT2D eigenvalue weighted by Gasteiger charge is -2.31. The molecule has 0 radical (unpaired) electrons. The van der Waals surface area contributed by atoms with Crippen LogP contribution < -0.4 is 5.84 Å². The van der Waals surface area contributed by atoms with Gasteiger partial charge in [0.15, 0.2) is 0 Å². The normalized spacial score (nSPS) is 36.3. The van der Waals surface area contributed by atoms with Crippen LogP contribution in [0.4, 0.5) is 0 Å². The lowest BCUT2D eigenvalue weighted by molar-refractivity contribution is 0.133. The third-order valence-electron chi connectivity index (χ3n) is 2.76. The van der Waals surface area contributed by atoms with Crippen LogP contribution in [0.2, 0.25) is 0 Å². The molecule has 0 aromatic heterocycles. The average Bonchev–Trinajstić information content (AvgIpc) is 2.71. The summed E-state index contributed by atoms with van der Waals surface area (Å²) in [6, 6.07) is 0.744. The maximum atomic E-state index is 5.85. The summed E-state index contributed by atoms with van der Waals surface area (Å²) in [6.07, 6.45) is 6.91. The summed E-state index contributed by atoms with van der Waals surface area (Å²) >= 11 is 0. The van der Waals surface area contributed by atoms with Gasteiger partial charge in [-0.25, -0.2) is 5.01 Å². The van der Waals surface area contributed by atoms with Crippen molar-refractivity contribution in [3.8, 4) is 0 Å². The minimum absolute atomic E-state index is 0.744. The molecule has 1 aliphatic heterocycles. The zero-order valence-electron chi connectivity index (χ0n) is 6.42. The zero-order valence-corrected chi connectivity index (χ0v) is 6.42. The molecule has 2 nitrogen and oxygen atoms in total. The van der Waals surface area contributed by atoms with E-state index in [-0.39, 0.29) is 0 Å². The van der Waals surface area contributed by atoms with Crippen molar-refractivity contribution in [1.82, 2.24) is 5.01 Å². The van der Waals surface area contributed by atoms with Crippen molar-refractivity contribution in [2.75, 3.05) is 6.54 Å². The van der Waals surface area contributed by atoms with Gasteiger partial charge in [0.1, 0.15) is 0 Å². The van der Waals surface area contributed by atoms with Gasteiger partial charge in [0.05, 0.1) is 0 Å². The molecule has 2 heteroatoms. The first-order valence-electron chi connectivity index (χ1n) is 4.39. The van der Waals surface area contributed by atoms with E-state index in [9.17, 15) is 0 Å². The van der Waals surface area contributed by atoms with Gasteiger partial charge < -0.3 is 0 Å². The molecular formula is C8H16N2. The second-order valence-electron chi connectivity index (χ2n) is 3.64. The number of hydrazine groups is 1. The van der Waals surface area contributed by atoms with Crippen LogP contribution in [-0.2, 0) is 0 Å². The van der Waals surface area contributed by atoms with Crippen molar-refractivity contribution >= 4 is 0 Å². The Balaban J connectivity index is 1.90. The quantitative estimate of drug-likeness (QED) is 0.553. The minimum Gasteiger partial charge on any atom is -0.269 e. The van der Waals surface area contributed by atoms with Gasteiger partial charge in [-0.05, 0) is 31.6 Å². The SMILES string of the molecule is NN1CCCCC1C1CC1. The van der Waals surface area contributed by atoms with E-state index in [2.05, 4.69) is 5.01 Å². The predicted octanol–water partition coefficient (Wildman–Crippen LogP) is 1.12. The van der Waals surface area contributed by atoms with Gasteiger partial charge in [-0.15, -0.1) is 0 Å². The second-order valence-corrected chi connectivity index (χ2v) is 3.64. The smallest absolute Gasteiger partial charge is 0.0269 e. The summed E-state index contributed by atoms with van der Waals surface area (Å²) in [4.78, 5) is 0. The van der Waals surface area contributed by atoms with Crippen molar-refractivity contribution in [1.29, 1.82) is 0 Å². The Morgan fingerprint density at radius 2 is 1.90 bits per heavy atom. The monoisotopic (exact) mass is 140 g/mol. The molecule has 1 heterocycles. The number of hydrogen-bond donors (Lipinski definition) is 1. The van der Waals surface area contributed by atoms with E-state index in [1.54, 1.807) is 0 Å². The molecule has 10 heavy (non-hydrogen) atoms. The lowest BCUT2D eigenvalue weighted by Crippen LogP contribution is -2.45. The van der Waals surface area contributed by atoms with Crippen LogP contribution in [0.25, 0.3) is 0 Å². The van der Waals surface area contributed by atoms with E-state index in [1.165, 1.54) is 32.1 Å². The van der Waals surface area contributed by atoms with E-state index >= 15 is 0 Å². The molecule has 58 valence electrons. The largest absolute Gasteiger partial charge is 0.269 e. The maximum absolute atomic E-state index is 5.85. The number of hydrogen-bond acceptors (Lipinski definition) is 2. The van der Waals surface area contributed by atoms with Gasteiger partial charge in [-0.3, -0.25) is 5.84 Å². The fourth-order valence-electron chi connectivity index (χ4n) is 1.97. The zero-order chi connectivity index (χ0) is 6.97. The highest BCUT2D eigenvalue weighted by Crippen LogP contribution is 2.38. The van der Waals surface area contributed by atoms with Crippen LogP contribution in [0.15, 0.2) is 0 Å². The van der Waals surface area contributed by atoms with Gasteiger partial charge in [0.2, 0.25) is 0 Å². The van der Waals surface area contributed by atoms with Crippen LogP contribution in [0.1, 0.15) is 32.1 Å². The first kappa shape index (κ1) is 6.62. The predicted molar refractivity (Wildman–Crippen MR) is 41.3 cm³/mol. The molecule has 0 aromatic carbocycles. The van der Waals surface area contributed by atoms with E-state index in [1.807, 2.05) is 0 Å². The van der Waals surface area contributed by atoms with Gasteiger partial charge in [0, 0.05) is 12.6 Å². The van der Waals surface area contributed by atoms with Gasteiger partial charge in [-0.2, -0.15) is 0 Å². The molecule has 1 atom stereocenters. The van der Waals surface area contributed by atoms with E-state index in [0.29, 0.717) is 0 Å². The fraction of sp³-hybridized carbons (Fsp3) is 1.00. The van der Waals surface area contributed by atoms with Crippen molar-refractivity contribution in [3.05, 3.63) is 0 Å². The molecule has 2 aliphatic rings. The fourth-order valence-corrected chi connectivity index (χ4v) is 1.97. The Labute approximate surface area is 62.4 Å². The second kappa shape index (κ2) is 2.51. The summed E-state index contributed by atoms with van der Waals surface area (Å²) in [5.41, 5.74) is 0. The molecule has 1 unspecified atom stereocenters. The highest BCUT2D eigenvalue weighted by Gasteiger charge is 2.35. The molecule has 0 aromatic rings. The number of nitrogens with two attached hydrogens (primary N) is 1. The van der Waals surface area contributed by atoms with E-state index in [4.69, 9.17) is 5.84 Å². The molecule has 2 N–H and O–H groups in total. The number of nitrogens with zero attached hydrogens (tertiary/aromatic N) is 1. The van der Waals surface area contributed by atoms with Gasteiger partial charge in [0.25, 0.3) is 0 Å². The van der Waals surface area contributed by atoms with Crippen molar-refractivity contribution in [2.45, 2.75) is 38.1 Å². The minimum atomic E-state index is 0.744. The molecule has 0 amide bonds. The van der Waals surface area contributed by atoms with E-state index < -0.39 is 0 Å². The summed E-state index contributed by atoms with van der Waals surface area (Å²) in [5, 5.41) is 2.07. The highest BCUT2D eigenvalue weighted by atomic mass is 15.4. The molecular weight excluding hydrogens is 124 g/mol. The first-order chi connectivity index (χ1) is 4.88. The van der Waals surface area contributed by atoms with Gasteiger partial charge >= 0.3 is 0 Å². The molecule has 2 rings (SSSR count). The number of piperidine rings is 1. The standard InChI is InChI=1S/C8H16N2/c9-10-6-2-1-3-8(10)7-4-5-7/h7-8H,1-6,9H2. The molecule has 1 saturated heterocycles. The van der Waals surface area contributed by atoms with Crippen LogP contribution in [0.3, 0.4) is 0 Å². The maximum Gasteiger partial charge on any atom is 0.0269 e. The van der Waals surface area contributed by atoms with Crippen LogP contribution in [0.5, 0.6) is 0 Å². The molecule has 2 fully saturated rings. The van der Waals surface area contributed by atoms with Crippen molar-refractivity contribution in [3.63, 3.8) is 0 Å². The summed E-state index contributed by atoms with van der Waals surface area (Å²) in [6.45, 7) is 1.13. The molecule has 0 bridgehead atoms. The Kier molecular flexibility index (Phi) is 1.66. The van der Waals surface area contributed by atoms with Gasteiger partial charge in [-0.1, -0.05) is 6.42 Å². The molecule has 0 spiro atoms. The van der Waals surface area contributed by atoms with Crippen LogP contribution >= 0.6 is 0 Å². The third-order valence-corrected chi connectivity index (χ3v) is 2.76. The summed E-state index contributed by atoms with van der Waals surface area (Å²) in [5.74, 6) is 6.82. The van der Waals surface area contributed by atoms with E-state index in [0.717, 1.165) is 18.5 Å². The third kappa shape index (κ3) is 1.18. The summed E-state index contributed by atoms with van der Waals surface area (Å²) in [7, 11) is 0. The molecule has 1 aliphatic carbocycles. The Morgan fingerprint density at radius 3 is 2.50 bits per heavy atom. The Morgan fingerprint density at radius 1 is 1.10 bits per heavy atom. The Hall–Kier alpha value is -0.0800. The number of rotatable bonds is 1. The van der Waals surface area contributed by atoms with Crippen molar-refractivity contribution < 1.29 is 0 Å². The molecule has 1 saturated carbocycles. The van der Waals surface area contributed by atoms with Crippen LogP contribution in [-0.4, -0.2) is 17.6 Å². The average molecular weight is 140 g/mol. The topological polar surface area (TPSA) is 29.3 Å². The lowest BCUT2D eigenvalue weighted by atomic mass is 10.0. The van der Waals surface area contributed by atoms with Crippen molar-refractivity contribution in [2.24, 2.45) is 11.8 Å². The first-order valence-corrected chi connectivity index (χ1v) is 4.39. The summed E-state index contributed by atoms with van der Waals surface area (Å²) < 4.78 is 0. The Bertz CT molecular complexity index is 120. The van der Waals surface area contributed by atoms with Crippen LogP contribution in [0, 0.1) is 5.92 Å². The highest BCUT2D eigenvalue weighted by molar-refractivity contribution is 4.88.